The van der Waals surface area contributed by atoms with Crippen LogP contribution in [0.1, 0.15) is 31.2 Å². The normalized spacial score (nSPS) is 23.8. The van der Waals surface area contributed by atoms with Gasteiger partial charge in [0.2, 0.25) is 10.0 Å². The Morgan fingerprint density at radius 2 is 1.95 bits per heavy atom. The van der Waals surface area contributed by atoms with Crippen LogP contribution in [-0.4, -0.2) is 19.8 Å². The van der Waals surface area contributed by atoms with Crippen molar-refractivity contribution in [1.29, 1.82) is 0 Å². The summed E-state index contributed by atoms with van der Waals surface area (Å²) >= 11 is 3.58. The van der Waals surface area contributed by atoms with Gasteiger partial charge >= 0.3 is 0 Å². The van der Waals surface area contributed by atoms with Crippen LogP contribution < -0.4 is 4.72 Å². The third kappa shape index (κ3) is 4.02. The minimum Gasteiger partial charge on any atom is -0.211 e. The largest absolute Gasteiger partial charge is 0.240 e. The first-order chi connectivity index (χ1) is 9.38. The van der Waals surface area contributed by atoms with Crippen molar-refractivity contribution >= 4 is 26.0 Å². The number of benzene rings is 1. The molecule has 0 aliphatic heterocycles. The maximum absolute atomic E-state index is 13.2. The number of aryl methyl sites for hydroxylation is 1. The lowest BCUT2D eigenvalue weighted by atomic mass is 9.89. The Balaban J connectivity index is 2.02. The second-order valence-electron chi connectivity index (χ2n) is 5.38. The number of nitrogens with one attached hydrogen (secondary N) is 1. The zero-order valence-electron chi connectivity index (χ0n) is 11.4. The van der Waals surface area contributed by atoms with Crippen LogP contribution in [0.3, 0.4) is 0 Å². The highest BCUT2D eigenvalue weighted by Crippen LogP contribution is 2.28. The molecule has 20 heavy (non-hydrogen) atoms. The molecule has 0 spiro atoms. The van der Waals surface area contributed by atoms with Gasteiger partial charge in [-0.2, -0.15) is 0 Å². The predicted octanol–water partition coefficient (Wildman–Crippen LogP) is 3.37. The topological polar surface area (TPSA) is 46.2 Å². The van der Waals surface area contributed by atoms with Gasteiger partial charge in [-0.1, -0.05) is 22.0 Å². The third-order valence-electron chi connectivity index (χ3n) is 3.78. The lowest BCUT2D eigenvalue weighted by molar-refractivity contribution is 0.366. The van der Waals surface area contributed by atoms with E-state index in [1.165, 1.54) is 12.1 Å². The van der Waals surface area contributed by atoms with Gasteiger partial charge in [0.05, 0.1) is 4.90 Å². The lowest BCUT2D eigenvalue weighted by Crippen LogP contribution is -2.31. The highest BCUT2D eigenvalue weighted by Gasteiger charge is 2.23. The molecule has 6 heteroatoms. The quantitative estimate of drug-likeness (QED) is 0.833. The Kier molecular flexibility index (Phi) is 5.20. The molecule has 112 valence electrons. The summed E-state index contributed by atoms with van der Waals surface area (Å²) in [7, 11) is -3.63. The smallest absolute Gasteiger partial charge is 0.211 e. The fraction of sp³-hybridized carbons (Fsp3) is 0.571. The molecule has 0 saturated heterocycles. The maximum Gasteiger partial charge on any atom is 0.240 e. The summed E-state index contributed by atoms with van der Waals surface area (Å²) < 4.78 is 40.3. The molecule has 3 nitrogen and oxygen atoms in total. The minimum atomic E-state index is -3.63. The Morgan fingerprint density at radius 1 is 1.30 bits per heavy atom. The van der Waals surface area contributed by atoms with Crippen molar-refractivity contribution in [1.82, 2.24) is 4.72 Å². The average Bonchev–Trinajstić information content (AvgIpc) is 2.41. The zero-order chi connectivity index (χ0) is 14.8. The fourth-order valence-corrected chi connectivity index (χ4v) is 4.39. The maximum atomic E-state index is 13.2. The number of alkyl halides is 1. The Morgan fingerprint density at radius 3 is 2.60 bits per heavy atom. The van der Waals surface area contributed by atoms with Crippen LogP contribution in [0.2, 0.25) is 0 Å². The Bertz CT molecular complexity index is 569. The molecule has 1 aromatic rings. The van der Waals surface area contributed by atoms with Crippen molar-refractivity contribution in [3.63, 3.8) is 0 Å². The van der Waals surface area contributed by atoms with Gasteiger partial charge in [-0.15, -0.1) is 0 Å². The van der Waals surface area contributed by atoms with Crippen molar-refractivity contribution in [2.24, 2.45) is 5.92 Å². The summed E-state index contributed by atoms with van der Waals surface area (Å²) in [5, 5.41) is 0. The number of hydrogen-bond donors (Lipinski definition) is 1. The van der Waals surface area contributed by atoms with Crippen LogP contribution in [0.5, 0.6) is 0 Å². The molecule has 1 aliphatic carbocycles. The van der Waals surface area contributed by atoms with Gasteiger partial charge in [0.15, 0.2) is 0 Å². The number of halogens is 2. The molecular formula is C14H19BrFNO2S. The second-order valence-corrected chi connectivity index (χ2v) is 8.41. The van der Waals surface area contributed by atoms with Crippen molar-refractivity contribution < 1.29 is 12.8 Å². The van der Waals surface area contributed by atoms with Crippen LogP contribution in [0, 0.1) is 18.7 Å². The summed E-state index contributed by atoms with van der Waals surface area (Å²) in [5.41, 5.74) is 0.558. The summed E-state index contributed by atoms with van der Waals surface area (Å²) in [4.78, 5) is 0.590. The lowest BCUT2D eigenvalue weighted by Gasteiger charge is -2.25. The molecule has 1 saturated carbocycles. The van der Waals surface area contributed by atoms with E-state index in [0.717, 1.165) is 31.7 Å². The Hall–Kier alpha value is -0.460. The summed E-state index contributed by atoms with van der Waals surface area (Å²) in [6.07, 6.45) is 4.18. The van der Waals surface area contributed by atoms with Gasteiger partial charge in [0.1, 0.15) is 5.82 Å². The second kappa shape index (κ2) is 6.54. The summed E-state index contributed by atoms with van der Waals surface area (Å²) in [6, 6.07) is 3.83. The van der Waals surface area contributed by atoms with Crippen molar-refractivity contribution in [3.8, 4) is 0 Å². The SMILES string of the molecule is Cc1ccc(F)cc1S(=O)(=O)NCC1CCC(Br)CC1. The molecule has 0 heterocycles. The van der Waals surface area contributed by atoms with Crippen LogP contribution in [0.15, 0.2) is 23.1 Å². The fourth-order valence-electron chi connectivity index (χ4n) is 2.49. The molecule has 0 unspecified atom stereocenters. The monoisotopic (exact) mass is 363 g/mol. The average molecular weight is 364 g/mol. The molecule has 0 amide bonds. The highest BCUT2D eigenvalue weighted by molar-refractivity contribution is 9.09. The zero-order valence-corrected chi connectivity index (χ0v) is 13.8. The van der Waals surface area contributed by atoms with E-state index in [9.17, 15) is 12.8 Å². The number of sulfonamides is 1. The van der Waals surface area contributed by atoms with Gasteiger partial charge in [-0.3, -0.25) is 0 Å². The van der Waals surface area contributed by atoms with Crippen molar-refractivity contribution in [3.05, 3.63) is 29.6 Å². The summed E-state index contributed by atoms with van der Waals surface area (Å²) in [5.74, 6) is -0.164. The van der Waals surface area contributed by atoms with E-state index >= 15 is 0 Å². The van der Waals surface area contributed by atoms with E-state index in [0.29, 0.717) is 22.9 Å². The predicted molar refractivity (Wildman–Crippen MR) is 81.0 cm³/mol. The van der Waals surface area contributed by atoms with E-state index in [1.807, 2.05) is 0 Å². The summed E-state index contributed by atoms with van der Waals surface area (Å²) in [6.45, 7) is 2.10. The van der Waals surface area contributed by atoms with E-state index < -0.39 is 15.8 Å². The molecule has 0 atom stereocenters. The molecule has 0 bridgehead atoms. The molecule has 0 radical (unpaired) electrons. The molecule has 1 fully saturated rings. The van der Waals surface area contributed by atoms with E-state index in [-0.39, 0.29) is 4.90 Å². The van der Waals surface area contributed by atoms with Gasteiger partial charge < -0.3 is 0 Å². The Labute approximate surface area is 128 Å². The van der Waals surface area contributed by atoms with Gasteiger partial charge in [-0.25, -0.2) is 17.5 Å². The van der Waals surface area contributed by atoms with Crippen LogP contribution >= 0.6 is 15.9 Å². The standard InChI is InChI=1S/C14H19BrFNO2S/c1-10-2-7-13(16)8-14(10)20(18,19)17-9-11-3-5-12(15)6-4-11/h2,7-8,11-12,17H,3-6,9H2,1H3. The van der Waals surface area contributed by atoms with E-state index in [4.69, 9.17) is 0 Å². The molecule has 1 aliphatic rings. The molecule has 2 rings (SSSR count). The third-order valence-corrected chi connectivity index (χ3v) is 6.26. The van der Waals surface area contributed by atoms with Crippen molar-refractivity contribution in [2.45, 2.75) is 42.3 Å². The van der Waals surface area contributed by atoms with E-state index in [1.54, 1.807) is 6.92 Å². The molecule has 1 aromatic carbocycles. The highest BCUT2D eigenvalue weighted by atomic mass is 79.9. The number of hydrogen-bond acceptors (Lipinski definition) is 2. The van der Waals surface area contributed by atoms with Gasteiger partial charge in [-0.05, 0) is 56.2 Å². The van der Waals surface area contributed by atoms with Gasteiger partial charge in [0, 0.05) is 11.4 Å². The molecular weight excluding hydrogens is 345 g/mol. The first-order valence-electron chi connectivity index (χ1n) is 6.78. The number of rotatable bonds is 4. The minimum absolute atomic E-state index is 0.0340. The molecule has 0 aromatic heterocycles. The van der Waals surface area contributed by atoms with Crippen LogP contribution in [0.25, 0.3) is 0 Å². The first kappa shape index (κ1) is 15.9. The van der Waals surface area contributed by atoms with E-state index in [2.05, 4.69) is 20.7 Å². The van der Waals surface area contributed by atoms with Gasteiger partial charge in [0.25, 0.3) is 0 Å². The van der Waals surface area contributed by atoms with Crippen LogP contribution in [-0.2, 0) is 10.0 Å². The first-order valence-corrected chi connectivity index (χ1v) is 9.18. The molecule has 1 N–H and O–H groups in total. The van der Waals surface area contributed by atoms with Crippen LogP contribution in [0.4, 0.5) is 4.39 Å². The van der Waals surface area contributed by atoms with Crippen molar-refractivity contribution in [2.75, 3.05) is 6.54 Å².